The highest BCUT2D eigenvalue weighted by Crippen LogP contribution is 2.28. The van der Waals surface area contributed by atoms with E-state index in [9.17, 15) is 9.59 Å². The van der Waals surface area contributed by atoms with E-state index in [-0.39, 0.29) is 18.4 Å². The Labute approximate surface area is 114 Å². The van der Waals surface area contributed by atoms with Gasteiger partial charge in [-0.05, 0) is 51.5 Å². The van der Waals surface area contributed by atoms with Crippen molar-refractivity contribution in [2.24, 2.45) is 23.0 Å². The molecule has 1 saturated carbocycles. The smallest absolute Gasteiger partial charge is 0.311 e. The van der Waals surface area contributed by atoms with E-state index in [4.69, 9.17) is 10.8 Å². The summed E-state index contributed by atoms with van der Waals surface area (Å²) in [4.78, 5) is 23.2. The van der Waals surface area contributed by atoms with E-state index in [1.54, 1.807) is 6.92 Å². The van der Waals surface area contributed by atoms with Crippen LogP contribution in [0, 0.1) is 17.3 Å². The molecule has 1 atom stereocenters. The Morgan fingerprint density at radius 1 is 1.32 bits per heavy atom. The number of rotatable bonds is 6. The Bertz CT molecular complexity index is 325. The Hall–Kier alpha value is -1.10. The Morgan fingerprint density at radius 3 is 2.32 bits per heavy atom. The van der Waals surface area contributed by atoms with Gasteiger partial charge in [0.15, 0.2) is 0 Å². The average molecular weight is 270 g/mol. The number of hydrogen-bond donors (Lipinski definition) is 3. The SMILES string of the molecule is CCC(C)(CNC(=O)C1CCC(CN)CC1)C(=O)O. The van der Waals surface area contributed by atoms with Crippen LogP contribution in [0.15, 0.2) is 0 Å². The van der Waals surface area contributed by atoms with E-state index < -0.39 is 11.4 Å². The highest BCUT2D eigenvalue weighted by Gasteiger charge is 2.33. The van der Waals surface area contributed by atoms with Crippen molar-refractivity contribution in [3.8, 4) is 0 Å². The summed E-state index contributed by atoms with van der Waals surface area (Å²) in [7, 11) is 0. The Balaban J connectivity index is 2.42. The van der Waals surface area contributed by atoms with Crippen LogP contribution in [0.2, 0.25) is 0 Å². The Morgan fingerprint density at radius 2 is 1.89 bits per heavy atom. The molecule has 4 N–H and O–H groups in total. The average Bonchev–Trinajstić information content (AvgIpc) is 2.44. The van der Waals surface area contributed by atoms with E-state index in [0.717, 1.165) is 25.7 Å². The van der Waals surface area contributed by atoms with E-state index in [2.05, 4.69) is 5.32 Å². The fourth-order valence-corrected chi connectivity index (χ4v) is 2.44. The lowest BCUT2D eigenvalue weighted by atomic mass is 9.81. The zero-order valence-electron chi connectivity index (χ0n) is 11.9. The zero-order valence-corrected chi connectivity index (χ0v) is 11.9. The molecule has 0 aromatic carbocycles. The molecule has 5 nitrogen and oxygen atoms in total. The molecule has 0 aromatic rings. The number of nitrogens with two attached hydrogens (primary N) is 1. The van der Waals surface area contributed by atoms with E-state index in [1.165, 1.54) is 0 Å². The first-order valence-electron chi connectivity index (χ1n) is 7.14. The van der Waals surface area contributed by atoms with E-state index in [0.29, 0.717) is 18.9 Å². The molecule has 1 rings (SSSR count). The zero-order chi connectivity index (χ0) is 14.5. The van der Waals surface area contributed by atoms with Crippen LogP contribution in [0.1, 0.15) is 46.0 Å². The lowest BCUT2D eigenvalue weighted by Gasteiger charge is -2.29. The summed E-state index contributed by atoms with van der Waals surface area (Å²) in [5.41, 5.74) is 4.76. The molecule has 1 fully saturated rings. The number of amides is 1. The van der Waals surface area contributed by atoms with Gasteiger partial charge in [0.1, 0.15) is 0 Å². The molecule has 110 valence electrons. The molecule has 1 aliphatic rings. The molecule has 0 aromatic heterocycles. The van der Waals surface area contributed by atoms with Crippen LogP contribution in [0.25, 0.3) is 0 Å². The monoisotopic (exact) mass is 270 g/mol. The minimum absolute atomic E-state index is 0.00334. The predicted octanol–water partition coefficient (Wildman–Crippen LogP) is 1.37. The highest BCUT2D eigenvalue weighted by atomic mass is 16.4. The van der Waals surface area contributed by atoms with Crippen molar-refractivity contribution < 1.29 is 14.7 Å². The molecular formula is C14H26N2O3. The second-order valence-electron chi connectivity index (χ2n) is 5.89. The molecule has 1 unspecified atom stereocenters. The van der Waals surface area contributed by atoms with Gasteiger partial charge in [0.25, 0.3) is 0 Å². The minimum Gasteiger partial charge on any atom is -0.481 e. The van der Waals surface area contributed by atoms with Crippen molar-refractivity contribution in [2.45, 2.75) is 46.0 Å². The molecule has 0 aliphatic heterocycles. The standard InChI is InChI=1S/C14H26N2O3/c1-3-14(2,13(18)19)9-16-12(17)11-6-4-10(8-15)5-7-11/h10-11H,3-9,15H2,1-2H3,(H,16,17)(H,18,19). The maximum Gasteiger partial charge on any atom is 0.311 e. The summed E-state index contributed by atoms with van der Waals surface area (Å²) >= 11 is 0. The normalized spacial score (nSPS) is 26.5. The molecule has 0 spiro atoms. The summed E-state index contributed by atoms with van der Waals surface area (Å²) in [6.45, 7) is 4.39. The lowest BCUT2D eigenvalue weighted by Crippen LogP contribution is -2.43. The topological polar surface area (TPSA) is 92.4 Å². The molecule has 19 heavy (non-hydrogen) atoms. The third kappa shape index (κ3) is 4.20. The number of hydrogen-bond acceptors (Lipinski definition) is 3. The van der Waals surface area contributed by atoms with Crippen LogP contribution < -0.4 is 11.1 Å². The van der Waals surface area contributed by atoms with Crippen LogP contribution in [0.3, 0.4) is 0 Å². The second-order valence-corrected chi connectivity index (χ2v) is 5.89. The van der Waals surface area contributed by atoms with Crippen molar-refractivity contribution in [1.29, 1.82) is 0 Å². The molecule has 0 radical (unpaired) electrons. The third-order valence-electron chi connectivity index (χ3n) is 4.50. The van der Waals surface area contributed by atoms with E-state index >= 15 is 0 Å². The molecule has 0 bridgehead atoms. The lowest BCUT2D eigenvalue weighted by molar-refractivity contribution is -0.148. The van der Waals surface area contributed by atoms with Gasteiger partial charge in [0, 0.05) is 12.5 Å². The first kappa shape index (κ1) is 16.0. The fourth-order valence-electron chi connectivity index (χ4n) is 2.44. The first-order chi connectivity index (χ1) is 8.92. The molecule has 5 heteroatoms. The molecule has 1 aliphatic carbocycles. The van der Waals surface area contributed by atoms with Gasteiger partial charge in [-0.1, -0.05) is 6.92 Å². The third-order valence-corrected chi connectivity index (χ3v) is 4.50. The van der Waals surface area contributed by atoms with Crippen molar-refractivity contribution >= 4 is 11.9 Å². The molecule has 0 heterocycles. The van der Waals surface area contributed by atoms with Crippen LogP contribution in [-0.2, 0) is 9.59 Å². The maximum atomic E-state index is 12.0. The number of nitrogens with one attached hydrogen (secondary N) is 1. The summed E-state index contributed by atoms with van der Waals surface area (Å²) in [5.74, 6) is -0.291. The van der Waals surface area contributed by atoms with Crippen molar-refractivity contribution in [3.05, 3.63) is 0 Å². The number of carbonyl (C=O) groups is 2. The molecule has 1 amide bonds. The minimum atomic E-state index is -0.871. The van der Waals surface area contributed by atoms with Crippen LogP contribution in [0.5, 0.6) is 0 Å². The van der Waals surface area contributed by atoms with Gasteiger partial charge in [-0.3, -0.25) is 9.59 Å². The van der Waals surface area contributed by atoms with Gasteiger partial charge in [-0.15, -0.1) is 0 Å². The fraction of sp³-hybridized carbons (Fsp3) is 0.857. The van der Waals surface area contributed by atoms with E-state index in [1.807, 2.05) is 6.92 Å². The number of aliphatic carboxylic acids is 1. The number of carboxylic acids is 1. The van der Waals surface area contributed by atoms with Crippen LogP contribution >= 0.6 is 0 Å². The van der Waals surface area contributed by atoms with Crippen LogP contribution in [-0.4, -0.2) is 30.1 Å². The highest BCUT2D eigenvalue weighted by molar-refractivity contribution is 5.80. The van der Waals surface area contributed by atoms with Crippen molar-refractivity contribution in [3.63, 3.8) is 0 Å². The summed E-state index contributed by atoms with van der Waals surface area (Å²) in [5, 5.41) is 12.0. The second kappa shape index (κ2) is 6.89. The van der Waals surface area contributed by atoms with Gasteiger partial charge in [-0.25, -0.2) is 0 Å². The van der Waals surface area contributed by atoms with Crippen molar-refractivity contribution in [1.82, 2.24) is 5.32 Å². The van der Waals surface area contributed by atoms with Gasteiger partial charge in [0.2, 0.25) is 5.91 Å². The first-order valence-corrected chi connectivity index (χ1v) is 7.14. The molecular weight excluding hydrogens is 244 g/mol. The summed E-state index contributed by atoms with van der Waals surface area (Å²) in [6.07, 6.45) is 4.23. The maximum absolute atomic E-state index is 12.0. The number of carboxylic acid groups (broad SMARTS) is 1. The number of carbonyl (C=O) groups excluding carboxylic acids is 1. The van der Waals surface area contributed by atoms with Gasteiger partial charge < -0.3 is 16.2 Å². The molecule has 0 saturated heterocycles. The van der Waals surface area contributed by atoms with Gasteiger partial charge >= 0.3 is 5.97 Å². The van der Waals surface area contributed by atoms with Gasteiger partial charge in [0.05, 0.1) is 5.41 Å². The summed E-state index contributed by atoms with van der Waals surface area (Å²) < 4.78 is 0. The largest absolute Gasteiger partial charge is 0.481 e. The predicted molar refractivity (Wildman–Crippen MR) is 73.5 cm³/mol. The summed E-state index contributed by atoms with van der Waals surface area (Å²) in [6, 6.07) is 0. The van der Waals surface area contributed by atoms with Crippen molar-refractivity contribution in [2.75, 3.05) is 13.1 Å². The van der Waals surface area contributed by atoms with Crippen LogP contribution in [0.4, 0.5) is 0 Å². The quantitative estimate of drug-likeness (QED) is 0.679. The Kier molecular flexibility index (Phi) is 5.79. The van der Waals surface area contributed by atoms with Gasteiger partial charge in [-0.2, -0.15) is 0 Å².